The van der Waals surface area contributed by atoms with Gasteiger partial charge >= 0.3 is 0 Å². The second-order valence-corrected chi connectivity index (χ2v) is 7.60. The molecule has 1 saturated carbocycles. The van der Waals surface area contributed by atoms with E-state index in [2.05, 4.69) is 4.72 Å². The van der Waals surface area contributed by atoms with Gasteiger partial charge in [0.1, 0.15) is 0 Å². The number of rotatable bonds is 6. The second kappa shape index (κ2) is 7.38. The van der Waals surface area contributed by atoms with Gasteiger partial charge in [-0.25, -0.2) is 13.1 Å². The number of nitrogens with one attached hydrogen (secondary N) is 1. The van der Waals surface area contributed by atoms with E-state index >= 15 is 0 Å². The molecular weight excluding hydrogens is 286 g/mol. The number of benzene rings is 1. The van der Waals surface area contributed by atoms with Crippen molar-refractivity contribution in [2.45, 2.75) is 43.9 Å². The van der Waals surface area contributed by atoms with E-state index in [9.17, 15) is 13.5 Å². The van der Waals surface area contributed by atoms with Gasteiger partial charge in [-0.05, 0) is 48.8 Å². The van der Waals surface area contributed by atoms with E-state index in [1.807, 2.05) is 19.1 Å². The highest BCUT2D eigenvalue weighted by molar-refractivity contribution is 7.89. The smallest absolute Gasteiger partial charge is 0.240 e. The molecule has 0 heterocycles. The van der Waals surface area contributed by atoms with Crippen molar-refractivity contribution in [2.24, 2.45) is 11.8 Å². The Morgan fingerprint density at radius 1 is 1.14 bits per heavy atom. The van der Waals surface area contributed by atoms with Gasteiger partial charge in [0.05, 0.1) is 4.90 Å². The predicted molar refractivity (Wildman–Crippen MR) is 83.5 cm³/mol. The van der Waals surface area contributed by atoms with Crippen LogP contribution in [0.5, 0.6) is 0 Å². The lowest BCUT2D eigenvalue weighted by Crippen LogP contribution is -2.35. The second-order valence-electron chi connectivity index (χ2n) is 5.84. The van der Waals surface area contributed by atoms with Gasteiger partial charge in [-0.1, -0.05) is 31.9 Å². The lowest BCUT2D eigenvalue weighted by Gasteiger charge is -2.30. The number of aryl methyl sites for hydroxylation is 1. The Labute approximate surface area is 127 Å². The van der Waals surface area contributed by atoms with Crippen molar-refractivity contribution < 1.29 is 13.5 Å². The highest BCUT2D eigenvalue weighted by atomic mass is 32.2. The molecule has 1 aromatic carbocycles. The van der Waals surface area contributed by atoms with Gasteiger partial charge in [0.2, 0.25) is 10.0 Å². The molecule has 1 fully saturated rings. The Bertz CT molecular complexity index is 539. The quantitative estimate of drug-likeness (QED) is 0.847. The molecule has 0 aromatic heterocycles. The Morgan fingerprint density at radius 2 is 1.76 bits per heavy atom. The van der Waals surface area contributed by atoms with Gasteiger partial charge in [-0.3, -0.25) is 0 Å². The zero-order valence-electron chi connectivity index (χ0n) is 12.6. The molecule has 0 amide bonds. The third-order valence-electron chi connectivity index (χ3n) is 4.48. The zero-order chi connectivity index (χ0) is 15.3. The Morgan fingerprint density at radius 3 is 2.33 bits per heavy atom. The third-order valence-corrected chi connectivity index (χ3v) is 5.92. The summed E-state index contributed by atoms with van der Waals surface area (Å²) in [5.41, 5.74) is 1.13. The van der Waals surface area contributed by atoms with Crippen molar-refractivity contribution in [2.75, 3.05) is 13.2 Å². The van der Waals surface area contributed by atoms with Crippen LogP contribution in [0.1, 0.15) is 38.2 Å². The Balaban J connectivity index is 1.99. The van der Waals surface area contributed by atoms with Crippen molar-refractivity contribution in [1.29, 1.82) is 0 Å². The van der Waals surface area contributed by atoms with E-state index in [-0.39, 0.29) is 18.4 Å². The van der Waals surface area contributed by atoms with E-state index in [4.69, 9.17) is 0 Å². The molecule has 0 radical (unpaired) electrons. The van der Waals surface area contributed by atoms with Crippen molar-refractivity contribution in [1.82, 2.24) is 4.72 Å². The van der Waals surface area contributed by atoms with E-state index in [0.717, 1.165) is 37.7 Å². The van der Waals surface area contributed by atoms with Crippen LogP contribution in [0.4, 0.5) is 0 Å². The molecule has 2 unspecified atom stereocenters. The summed E-state index contributed by atoms with van der Waals surface area (Å²) in [4.78, 5) is 0.316. The molecule has 0 aliphatic heterocycles. The molecule has 4 nitrogen and oxygen atoms in total. The van der Waals surface area contributed by atoms with Gasteiger partial charge < -0.3 is 5.11 Å². The van der Waals surface area contributed by atoms with Gasteiger partial charge in [-0.2, -0.15) is 0 Å². The van der Waals surface area contributed by atoms with Crippen molar-refractivity contribution >= 4 is 10.0 Å². The molecular formula is C16H25NO3S. The number of aliphatic hydroxyl groups excluding tert-OH is 1. The fraction of sp³-hybridized carbons (Fsp3) is 0.625. The zero-order valence-corrected chi connectivity index (χ0v) is 13.4. The SMILES string of the molecule is CCc1ccc(S(=O)(=O)NCC2CCCCC2CO)cc1. The topological polar surface area (TPSA) is 66.4 Å². The summed E-state index contributed by atoms with van der Waals surface area (Å²) in [7, 11) is -3.45. The summed E-state index contributed by atoms with van der Waals surface area (Å²) in [5, 5.41) is 9.39. The van der Waals surface area contributed by atoms with Gasteiger partial charge in [0, 0.05) is 13.2 Å². The monoisotopic (exact) mass is 311 g/mol. The first-order chi connectivity index (χ1) is 10.1. The van der Waals surface area contributed by atoms with Crippen LogP contribution in [0.3, 0.4) is 0 Å². The molecule has 0 spiro atoms. The summed E-state index contributed by atoms with van der Waals surface area (Å²) in [6, 6.07) is 7.02. The Kier molecular flexibility index (Phi) is 5.79. The number of hydrogen-bond donors (Lipinski definition) is 2. The first kappa shape index (κ1) is 16.5. The highest BCUT2D eigenvalue weighted by Gasteiger charge is 2.26. The fourth-order valence-corrected chi connectivity index (χ4v) is 4.09. The average Bonchev–Trinajstić information content (AvgIpc) is 2.53. The lowest BCUT2D eigenvalue weighted by atomic mass is 9.80. The molecule has 1 aliphatic rings. The summed E-state index contributed by atoms with van der Waals surface area (Å²) in [6.45, 7) is 2.61. The highest BCUT2D eigenvalue weighted by Crippen LogP contribution is 2.29. The van der Waals surface area contributed by atoms with Crippen LogP contribution < -0.4 is 4.72 Å². The number of aliphatic hydroxyl groups is 1. The summed E-state index contributed by atoms with van der Waals surface area (Å²) in [5.74, 6) is 0.470. The van der Waals surface area contributed by atoms with Gasteiger partial charge in [-0.15, -0.1) is 0 Å². The van der Waals surface area contributed by atoms with Crippen LogP contribution in [-0.2, 0) is 16.4 Å². The van der Waals surface area contributed by atoms with Gasteiger partial charge in [0.25, 0.3) is 0 Å². The van der Waals surface area contributed by atoms with Crippen molar-refractivity contribution in [3.63, 3.8) is 0 Å². The Hall–Kier alpha value is -0.910. The standard InChI is InChI=1S/C16H25NO3S/c1-2-13-7-9-16(10-8-13)21(19,20)17-11-14-5-3-4-6-15(14)12-18/h7-10,14-15,17-18H,2-6,11-12H2,1H3. The van der Waals surface area contributed by atoms with Crippen molar-refractivity contribution in [3.05, 3.63) is 29.8 Å². The van der Waals surface area contributed by atoms with Crippen LogP contribution in [0, 0.1) is 11.8 Å². The fourth-order valence-electron chi connectivity index (χ4n) is 3.00. The summed E-state index contributed by atoms with van der Waals surface area (Å²) in [6.07, 6.45) is 5.13. The maximum atomic E-state index is 12.3. The van der Waals surface area contributed by atoms with Gasteiger partial charge in [0.15, 0.2) is 0 Å². The molecule has 5 heteroatoms. The van der Waals surface area contributed by atoms with E-state index < -0.39 is 10.0 Å². The van der Waals surface area contributed by atoms with Crippen LogP contribution in [0.25, 0.3) is 0 Å². The molecule has 118 valence electrons. The number of sulfonamides is 1. The minimum atomic E-state index is -3.45. The maximum Gasteiger partial charge on any atom is 0.240 e. The van der Waals surface area contributed by atoms with Crippen molar-refractivity contribution in [3.8, 4) is 0 Å². The average molecular weight is 311 g/mol. The first-order valence-corrected chi connectivity index (χ1v) is 9.24. The molecule has 1 aromatic rings. The first-order valence-electron chi connectivity index (χ1n) is 7.76. The van der Waals surface area contributed by atoms with Crippen LogP contribution in [0.2, 0.25) is 0 Å². The van der Waals surface area contributed by atoms with E-state index in [1.54, 1.807) is 12.1 Å². The van der Waals surface area contributed by atoms with Crippen LogP contribution in [0.15, 0.2) is 29.2 Å². The van der Waals surface area contributed by atoms with Crippen LogP contribution in [-0.4, -0.2) is 26.7 Å². The largest absolute Gasteiger partial charge is 0.396 e. The predicted octanol–water partition coefficient (Wildman–Crippen LogP) is 2.33. The summed E-state index contributed by atoms with van der Waals surface area (Å²) < 4.78 is 27.3. The normalized spacial score (nSPS) is 23.1. The molecule has 2 atom stereocenters. The maximum absolute atomic E-state index is 12.3. The number of hydrogen-bond acceptors (Lipinski definition) is 3. The summed E-state index contributed by atoms with van der Waals surface area (Å²) >= 11 is 0. The third kappa shape index (κ3) is 4.28. The van der Waals surface area contributed by atoms with E-state index in [1.165, 1.54) is 0 Å². The molecule has 2 N–H and O–H groups in total. The molecule has 0 bridgehead atoms. The van der Waals surface area contributed by atoms with Crippen LogP contribution >= 0.6 is 0 Å². The lowest BCUT2D eigenvalue weighted by molar-refractivity contribution is 0.136. The van der Waals surface area contributed by atoms with E-state index in [0.29, 0.717) is 11.4 Å². The molecule has 2 rings (SSSR count). The molecule has 0 saturated heterocycles. The minimum Gasteiger partial charge on any atom is -0.396 e. The minimum absolute atomic E-state index is 0.150. The molecule has 1 aliphatic carbocycles. The molecule has 21 heavy (non-hydrogen) atoms.